The first-order valence-corrected chi connectivity index (χ1v) is 46.0. The molecule has 4 fully saturated rings. The van der Waals surface area contributed by atoms with Crippen LogP contribution in [0.25, 0.3) is 0 Å². The number of esters is 1. The fourth-order valence-corrected chi connectivity index (χ4v) is 17.3. The van der Waals surface area contributed by atoms with Crippen LogP contribution in [0.2, 0.25) is 0 Å². The number of rotatable bonds is 76. The van der Waals surface area contributed by atoms with Gasteiger partial charge in [0.25, 0.3) is 0 Å². The van der Waals surface area contributed by atoms with E-state index in [0.29, 0.717) is 12.8 Å². The lowest BCUT2D eigenvalue weighted by Crippen LogP contribution is -2.63. The highest BCUT2D eigenvalue weighted by Gasteiger charge is 2.50. The van der Waals surface area contributed by atoms with Gasteiger partial charge < -0.3 is 59.8 Å². The van der Waals surface area contributed by atoms with E-state index in [1.807, 2.05) is 0 Å². The molecule has 2 saturated heterocycles. The third kappa shape index (κ3) is 47.1. The molecule has 0 spiro atoms. The van der Waals surface area contributed by atoms with Crippen molar-refractivity contribution in [3.05, 3.63) is 0 Å². The monoisotopic (exact) mass is 1460 g/mol. The Morgan fingerprint density at radius 1 is 0.311 bits per heavy atom. The van der Waals surface area contributed by atoms with E-state index in [4.69, 9.17) is 18.9 Å². The number of carbonyl (C=O) groups excluding carboxylic acids is 1. The van der Waals surface area contributed by atoms with Gasteiger partial charge in [-0.15, -0.1) is 0 Å². The number of aliphatic hydroxyl groups excluding tert-OH is 8. The Morgan fingerprint density at radius 3 is 0.816 bits per heavy atom. The summed E-state index contributed by atoms with van der Waals surface area (Å²) in [5.41, 5.74) is 0. The van der Waals surface area contributed by atoms with Crippen LogP contribution in [0.5, 0.6) is 0 Å². The Kier molecular flexibility index (Phi) is 59.3. The third-order valence-electron chi connectivity index (χ3n) is 24.9. The molecule has 0 aromatic carbocycles. The molecule has 610 valence electrons. The van der Waals surface area contributed by atoms with E-state index in [1.54, 1.807) is 6.42 Å². The number of hydrogen-bond donors (Lipinski definition) is 8. The van der Waals surface area contributed by atoms with E-state index in [9.17, 15) is 45.6 Å². The number of unbranched alkanes of at least 4 members (excludes halogenated alkanes) is 57. The second-order valence-electron chi connectivity index (χ2n) is 34.3. The molecule has 13 heteroatoms. The van der Waals surface area contributed by atoms with Crippen molar-refractivity contribution in [2.75, 3.05) is 13.2 Å². The van der Waals surface area contributed by atoms with Crippen molar-refractivity contribution in [1.29, 1.82) is 0 Å². The first kappa shape index (κ1) is 94.4. The van der Waals surface area contributed by atoms with Gasteiger partial charge in [0.2, 0.25) is 0 Å². The molecule has 13 nitrogen and oxygen atoms in total. The van der Waals surface area contributed by atoms with Crippen molar-refractivity contribution in [3.8, 4) is 0 Å². The maximum atomic E-state index is 13.9. The molecule has 4 aliphatic rings. The fraction of sp³-hybridized carbons (Fsp3) is 0.989. The molecule has 2 aliphatic heterocycles. The van der Waals surface area contributed by atoms with Crippen molar-refractivity contribution in [3.63, 3.8) is 0 Å². The SMILES string of the molecule is CCCCCCCCCCCCCCCCCCCCCCCCCCC(C(=O)OCC1OC(OC2OC(CO)C(O)C(O)C2O)C(O)C(O)C1O)C(O)CCCCCCCCCCCCCCCC1CC1CCCCCCCCCCC1CC1CCCCCCCCCCCCCCCCCC. The topological polar surface area (TPSA) is 216 Å². The van der Waals surface area contributed by atoms with Crippen molar-refractivity contribution < 1.29 is 64.6 Å². The van der Waals surface area contributed by atoms with Crippen LogP contribution in [0.1, 0.15) is 457 Å². The van der Waals surface area contributed by atoms with Gasteiger partial charge in [-0.05, 0) is 49.4 Å². The predicted octanol–water partition coefficient (Wildman–Crippen LogP) is 22.6. The van der Waals surface area contributed by atoms with Crippen molar-refractivity contribution in [2.45, 2.75) is 524 Å². The zero-order valence-electron chi connectivity index (χ0n) is 67.6. The van der Waals surface area contributed by atoms with Crippen LogP contribution in [0.3, 0.4) is 0 Å². The second-order valence-corrected chi connectivity index (χ2v) is 34.3. The summed E-state index contributed by atoms with van der Waals surface area (Å²) in [7, 11) is 0. The molecule has 0 amide bonds. The van der Waals surface area contributed by atoms with Crippen LogP contribution >= 0.6 is 0 Å². The molecule has 0 bridgehead atoms. The minimum absolute atomic E-state index is 0.457. The number of hydrogen-bond acceptors (Lipinski definition) is 13. The molecular weight excluding hydrogens is 1290 g/mol. The molecule has 8 N–H and O–H groups in total. The van der Waals surface area contributed by atoms with E-state index in [1.165, 1.54) is 379 Å². The van der Waals surface area contributed by atoms with E-state index < -0.39 is 92.6 Å². The third-order valence-corrected chi connectivity index (χ3v) is 24.9. The largest absolute Gasteiger partial charge is 0.463 e. The van der Waals surface area contributed by atoms with Gasteiger partial charge in [-0.25, -0.2) is 0 Å². The van der Waals surface area contributed by atoms with Crippen molar-refractivity contribution in [1.82, 2.24) is 0 Å². The van der Waals surface area contributed by atoms with Gasteiger partial charge in [-0.1, -0.05) is 431 Å². The minimum Gasteiger partial charge on any atom is -0.463 e. The summed E-state index contributed by atoms with van der Waals surface area (Å²) < 4.78 is 22.5. The van der Waals surface area contributed by atoms with Gasteiger partial charge in [0.15, 0.2) is 12.6 Å². The fourth-order valence-electron chi connectivity index (χ4n) is 17.3. The first-order chi connectivity index (χ1) is 50.5. The first-order valence-electron chi connectivity index (χ1n) is 46.0. The molecule has 103 heavy (non-hydrogen) atoms. The quantitative estimate of drug-likeness (QED) is 0.0210. The number of aliphatic hydroxyl groups is 8. The lowest BCUT2D eigenvalue weighted by atomic mass is 9.91. The minimum atomic E-state index is -1.82. The van der Waals surface area contributed by atoms with Crippen LogP contribution in [0.4, 0.5) is 0 Å². The smallest absolute Gasteiger partial charge is 0.311 e. The zero-order chi connectivity index (χ0) is 73.8. The molecule has 2 saturated carbocycles. The zero-order valence-corrected chi connectivity index (χ0v) is 67.6. The van der Waals surface area contributed by atoms with Gasteiger partial charge >= 0.3 is 5.97 Å². The molecule has 0 aromatic rings. The van der Waals surface area contributed by atoms with Crippen LogP contribution in [-0.2, 0) is 23.7 Å². The van der Waals surface area contributed by atoms with E-state index in [2.05, 4.69) is 13.8 Å². The Hall–Kier alpha value is -0.970. The lowest BCUT2D eigenvalue weighted by molar-refractivity contribution is -0.376. The normalized spacial score (nSPS) is 25.4. The average Bonchev–Trinajstić information content (AvgIpc) is 1.77. The Bertz CT molecular complexity index is 1860. The molecule has 2 aliphatic carbocycles. The highest BCUT2D eigenvalue weighted by Crippen LogP contribution is 2.47. The summed E-state index contributed by atoms with van der Waals surface area (Å²) in [6.07, 6.45) is 75.3. The van der Waals surface area contributed by atoms with Crippen LogP contribution in [-0.4, -0.2) is 128 Å². The lowest BCUT2D eigenvalue weighted by Gasteiger charge is -2.44. The Morgan fingerprint density at radius 2 is 0.544 bits per heavy atom. The molecule has 4 rings (SSSR count). The summed E-state index contributed by atoms with van der Waals surface area (Å²) in [6.45, 7) is 3.38. The van der Waals surface area contributed by atoms with Gasteiger partial charge in [0, 0.05) is 0 Å². The summed E-state index contributed by atoms with van der Waals surface area (Å²) >= 11 is 0. The van der Waals surface area contributed by atoms with Crippen molar-refractivity contribution >= 4 is 5.97 Å². The number of carbonyl (C=O) groups is 1. The molecule has 16 atom stereocenters. The summed E-state index contributed by atoms with van der Waals surface area (Å²) in [5, 5.41) is 84.6. The maximum absolute atomic E-state index is 13.9. The van der Waals surface area contributed by atoms with Crippen LogP contribution < -0.4 is 0 Å². The van der Waals surface area contributed by atoms with Crippen LogP contribution in [0.15, 0.2) is 0 Å². The van der Waals surface area contributed by atoms with E-state index in [-0.39, 0.29) is 0 Å². The molecule has 0 aromatic heterocycles. The highest BCUT2D eigenvalue weighted by molar-refractivity contribution is 5.73. The Labute approximate surface area is 634 Å². The average molecular weight is 1460 g/mol. The summed E-state index contributed by atoms with van der Waals surface area (Å²) in [5.74, 6) is 2.86. The molecular formula is C90H172O13. The molecule has 16 unspecified atom stereocenters. The Balaban J connectivity index is 0.949. The molecule has 2 heterocycles. The van der Waals surface area contributed by atoms with E-state index in [0.717, 1.165) is 68.6 Å². The van der Waals surface area contributed by atoms with Gasteiger partial charge in [-0.3, -0.25) is 4.79 Å². The van der Waals surface area contributed by atoms with E-state index >= 15 is 0 Å². The highest BCUT2D eigenvalue weighted by atomic mass is 16.8. The standard InChI is InChI=1S/C90H172O13/c1-3-5-7-9-11-13-15-17-19-21-22-23-24-25-26-27-28-30-34-38-42-50-56-62-68-78(88(99)100-73-81-83(94)85(96)87(98)90(102-81)103-89-86(97)84(95)82(93)80(72-91)101-89)79(92)69-63-57-51-43-39-35-31-33-37-41-47-53-59-65-75-71-77(75)67-61-55-49-45-44-48-54-60-66-76-70-74(76)64-58-52-46-40-36-32-29-20-18-16-14-12-10-8-6-4-2/h74-87,89-98H,3-73H2,1-2H3. The van der Waals surface area contributed by atoms with Gasteiger partial charge in [-0.2, -0.15) is 0 Å². The second kappa shape index (κ2) is 64.7. The summed E-state index contributed by atoms with van der Waals surface area (Å²) in [4.78, 5) is 13.9. The van der Waals surface area contributed by atoms with Crippen LogP contribution in [0, 0.1) is 29.6 Å². The predicted molar refractivity (Wildman–Crippen MR) is 426 cm³/mol. The number of ether oxygens (including phenoxy) is 4. The van der Waals surface area contributed by atoms with Gasteiger partial charge in [0.05, 0.1) is 18.6 Å². The van der Waals surface area contributed by atoms with Gasteiger partial charge in [0.1, 0.15) is 55.4 Å². The molecule has 0 radical (unpaired) electrons. The maximum Gasteiger partial charge on any atom is 0.311 e. The van der Waals surface area contributed by atoms with Crippen molar-refractivity contribution in [2.24, 2.45) is 29.6 Å². The summed E-state index contributed by atoms with van der Waals surface area (Å²) in [6, 6.07) is 0.